The number of benzene rings is 1. The van der Waals surface area contributed by atoms with Gasteiger partial charge in [0.2, 0.25) is 0 Å². The van der Waals surface area contributed by atoms with Crippen LogP contribution < -0.4 is 4.74 Å². The van der Waals surface area contributed by atoms with E-state index >= 15 is 0 Å². The number of ether oxygens (including phenoxy) is 2. The number of likely N-dealkylation sites (N-methyl/N-ethyl adjacent to an activating group) is 1. The van der Waals surface area contributed by atoms with Crippen LogP contribution in [0.15, 0.2) is 24.3 Å². The van der Waals surface area contributed by atoms with Gasteiger partial charge >= 0.3 is 5.97 Å². The minimum absolute atomic E-state index is 0.000472. The number of H-pyrrole nitrogens is 1. The van der Waals surface area contributed by atoms with Crippen molar-refractivity contribution in [2.24, 2.45) is 0 Å². The van der Waals surface area contributed by atoms with Crippen LogP contribution in [0.5, 0.6) is 5.75 Å². The standard InChI is InChI=1S/C20H24N2O6/c1-5-28-20(26)15-12(2)21-17(18(24)19(25)22(3)10-11-23)16(15)13-6-8-14(27-4)9-7-13/h6-9,21,23H,5,10-11H2,1-4H3. The summed E-state index contributed by atoms with van der Waals surface area (Å²) in [4.78, 5) is 41.8. The molecule has 0 radical (unpaired) electrons. The molecule has 1 aromatic carbocycles. The molecule has 0 aliphatic rings. The topological polar surface area (TPSA) is 109 Å². The number of rotatable bonds is 8. The van der Waals surface area contributed by atoms with Crippen LogP contribution in [0, 0.1) is 6.92 Å². The third-order valence-electron chi connectivity index (χ3n) is 4.25. The molecule has 1 heterocycles. The quantitative estimate of drug-likeness (QED) is 0.406. The molecule has 0 spiro atoms. The molecule has 2 aromatic rings. The largest absolute Gasteiger partial charge is 0.497 e. The second kappa shape index (κ2) is 9.18. The van der Waals surface area contributed by atoms with E-state index in [1.54, 1.807) is 38.1 Å². The molecule has 8 heteroatoms. The molecule has 0 atom stereocenters. The normalized spacial score (nSPS) is 10.5. The van der Waals surface area contributed by atoms with E-state index in [2.05, 4.69) is 4.98 Å². The van der Waals surface area contributed by atoms with Crippen LogP contribution in [0.4, 0.5) is 0 Å². The number of carbonyl (C=O) groups is 3. The fourth-order valence-corrected chi connectivity index (χ4v) is 2.83. The number of nitrogens with zero attached hydrogens (tertiary/aromatic N) is 1. The average Bonchev–Trinajstić information content (AvgIpc) is 3.04. The fraction of sp³-hybridized carbons (Fsp3) is 0.350. The molecule has 8 nitrogen and oxygen atoms in total. The third-order valence-corrected chi connectivity index (χ3v) is 4.25. The summed E-state index contributed by atoms with van der Waals surface area (Å²) < 4.78 is 10.3. The molecular weight excluding hydrogens is 364 g/mol. The number of hydrogen-bond acceptors (Lipinski definition) is 6. The van der Waals surface area contributed by atoms with Crippen LogP contribution in [0.2, 0.25) is 0 Å². The molecule has 0 aliphatic heterocycles. The van der Waals surface area contributed by atoms with Crippen molar-refractivity contribution in [1.82, 2.24) is 9.88 Å². The zero-order chi connectivity index (χ0) is 20.8. The van der Waals surface area contributed by atoms with Gasteiger partial charge in [-0.25, -0.2) is 4.79 Å². The molecule has 0 saturated carbocycles. The molecule has 0 unspecified atom stereocenters. The summed E-state index contributed by atoms with van der Waals surface area (Å²) in [7, 11) is 2.95. The van der Waals surface area contributed by atoms with Gasteiger partial charge in [-0.3, -0.25) is 9.59 Å². The van der Waals surface area contributed by atoms with Gasteiger partial charge in [0, 0.05) is 24.8 Å². The van der Waals surface area contributed by atoms with Crippen LogP contribution in [0.1, 0.15) is 33.5 Å². The first-order valence-electron chi connectivity index (χ1n) is 8.80. The van der Waals surface area contributed by atoms with Gasteiger partial charge in [0.1, 0.15) is 11.4 Å². The number of aromatic nitrogens is 1. The maximum Gasteiger partial charge on any atom is 0.340 e. The van der Waals surface area contributed by atoms with E-state index in [1.807, 2.05) is 0 Å². The first kappa shape index (κ1) is 21.2. The molecule has 2 N–H and O–H groups in total. The van der Waals surface area contributed by atoms with Crippen LogP contribution in [-0.4, -0.2) is 66.6 Å². The number of esters is 1. The molecule has 28 heavy (non-hydrogen) atoms. The number of aliphatic hydroxyl groups excluding tert-OH is 1. The lowest BCUT2D eigenvalue weighted by Crippen LogP contribution is -2.35. The number of Topliss-reactive ketones (excluding diaryl/α,β-unsaturated/α-hetero) is 1. The lowest BCUT2D eigenvalue weighted by atomic mass is 9.98. The first-order chi connectivity index (χ1) is 13.3. The summed E-state index contributed by atoms with van der Waals surface area (Å²) in [6.07, 6.45) is 0. The van der Waals surface area contributed by atoms with Crippen molar-refractivity contribution in [2.75, 3.05) is 33.9 Å². The smallest absolute Gasteiger partial charge is 0.340 e. The molecule has 0 aliphatic carbocycles. The number of aromatic amines is 1. The Morgan fingerprint density at radius 3 is 2.36 bits per heavy atom. The van der Waals surface area contributed by atoms with Crippen molar-refractivity contribution in [1.29, 1.82) is 0 Å². The highest BCUT2D eigenvalue weighted by atomic mass is 16.5. The van der Waals surface area contributed by atoms with Crippen molar-refractivity contribution in [3.63, 3.8) is 0 Å². The Morgan fingerprint density at radius 2 is 1.82 bits per heavy atom. The molecule has 0 bridgehead atoms. The Morgan fingerprint density at radius 1 is 1.18 bits per heavy atom. The summed E-state index contributed by atoms with van der Waals surface area (Å²) >= 11 is 0. The predicted molar refractivity (Wildman–Crippen MR) is 103 cm³/mol. The number of hydrogen-bond donors (Lipinski definition) is 2. The summed E-state index contributed by atoms with van der Waals surface area (Å²) in [5.41, 5.74) is 1.49. The molecule has 0 fully saturated rings. The van der Waals surface area contributed by atoms with Gasteiger partial charge in [0.15, 0.2) is 0 Å². The monoisotopic (exact) mass is 388 g/mol. The van der Waals surface area contributed by atoms with Crippen molar-refractivity contribution in [2.45, 2.75) is 13.8 Å². The van der Waals surface area contributed by atoms with Crippen molar-refractivity contribution < 1.29 is 29.0 Å². The lowest BCUT2D eigenvalue weighted by Gasteiger charge is -2.15. The maximum absolute atomic E-state index is 12.8. The van der Waals surface area contributed by atoms with Gasteiger partial charge in [0.25, 0.3) is 11.7 Å². The molecule has 1 aromatic heterocycles. The minimum atomic E-state index is -0.805. The van der Waals surface area contributed by atoms with E-state index < -0.39 is 17.7 Å². The molecular formula is C20H24N2O6. The Kier molecular flexibility index (Phi) is 6.94. The lowest BCUT2D eigenvalue weighted by molar-refractivity contribution is -0.125. The Hall–Kier alpha value is -3.13. The zero-order valence-electron chi connectivity index (χ0n) is 16.4. The maximum atomic E-state index is 12.8. The Bertz CT molecular complexity index is 870. The van der Waals surface area contributed by atoms with Crippen molar-refractivity contribution in [3.05, 3.63) is 41.2 Å². The summed E-state index contributed by atoms with van der Waals surface area (Å²) in [6.45, 7) is 3.25. The zero-order valence-corrected chi connectivity index (χ0v) is 16.4. The average molecular weight is 388 g/mol. The minimum Gasteiger partial charge on any atom is -0.497 e. The van der Waals surface area contributed by atoms with Crippen molar-refractivity contribution >= 4 is 17.7 Å². The van der Waals surface area contributed by atoms with E-state index in [0.29, 0.717) is 22.6 Å². The second-order valence-electron chi connectivity index (χ2n) is 6.10. The molecule has 2 rings (SSSR count). The molecule has 1 amide bonds. The van der Waals surface area contributed by atoms with E-state index in [4.69, 9.17) is 14.6 Å². The SMILES string of the molecule is CCOC(=O)c1c(C)[nH]c(C(=O)C(=O)N(C)CCO)c1-c1ccc(OC)cc1. The fourth-order valence-electron chi connectivity index (χ4n) is 2.83. The van der Waals surface area contributed by atoms with E-state index in [9.17, 15) is 14.4 Å². The van der Waals surface area contributed by atoms with Gasteiger partial charge < -0.3 is 24.5 Å². The first-order valence-corrected chi connectivity index (χ1v) is 8.80. The van der Waals surface area contributed by atoms with Crippen LogP contribution >= 0.6 is 0 Å². The number of carbonyl (C=O) groups excluding carboxylic acids is 3. The van der Waals surface area contributed by atoms with E-state index in [-0.39, 0.29) is 31.0 Å². The van der Waals surface area contributed by atoms with Gasteiger partial charge in [-0.15, -0.1) is 0 Å². The van der Waals surface area contributed by atoms with E-state index in [1.165, 1.54) is 14.2 Å². The number of ketones is 1. The summed E-state index contributed by atoms with van der Waals surface area (Å²) in [6, 6.07) is 6.78. The summed E-state index contributed by atoms with van der Waals surface area (Å²) in [5.74, 6) is -1.57. The van der Waals surface area contributed by atoms with Crippen LogP contribution in [0.25, 0.3) is 11.1 Å². The number of aliphatic hydroxyl groups is 1. The van der Waals surface area contributed by atoms with Crippen LogP contribution in [-0.2, 0) is 9.53 Å². The highest BCUT2D eigenvalue weighted by molar-refractivity contribution is 6.43. The third kappa shape index (κ3) is 4.23. The van der Waals surface area contributed by atoms with Gasteiger partial charge in [0.05, 0.1) is 25.9 Å². The van der Waals surface area contributed by atoms with Gasteiger partial charge in [-0.05, 0) is 31.5 Å². The number of nitrogens with one attached hydrogen (secondary N) is 1. The Labute approximate surface area is 163 Å². The highest BCUT2D eigenvalue weighted by Crippen LogP contribution is 2.32. The summed E-state index contributed by atoms with van der Waals surface area (Å²) in [5, 5.41) is 9.01. The molecule has 0 saturated heterocycles. The van der Waals surface area contributed by atoms with E-state index in [0.717, 1.165) is 4.90 Å². The molecule has 150 valence electrons. The second-order valence-corrected chi connectivity index (χ2v) is 6.10. The van der Waals surface area contributed by atoms with Gasteiger partial charge in [-0.2, -0.15) is 0 Å². The Balaban J connectivity index is 2.62. The highest BCUT2D eigenvalue weighted by Gasteiger charge is 2.31. The number of aryl methyl sites for hydroxylation is 1. The number of methoxy groups -OCH3 is 1. The predicted octanol–water partition coefficient (Wildman–Crippen LogP) is 1.81. The van der Waals surface area contributed by atoms with Crippen molar-refractivity contribution in [3.8, 4) is 16.9 Å². The number of amides is 1. The van der Waals surface area contributed by atoms with Gasteiger partial charge in [-0.1, -0.05) is 12.1 Å². The van der Waals surface area contributed by atoms with Crippen LogP contribution in [0.3, 0.4) is 0 Å².